The highest BCUT2D eigenvalue weighted by molar-refractivity contribution is 5.75. The molecule has 2 rings (SSSR count). The Kier molecular flexibility index (Phi) is 5.68. The van der Waals surface area contributed by atoms with Crippen molar-refractivity contribution in [2.45, 2.75) is 44.9 Å². The fourth-order valence-corrected chi connectivity index (χ4v) is 2.22. The van der Waals surface area contributed by atoms with Crippen LogP contribution in [0.15, 0.2) is 24.3 Å². The Morgan fingerprint density at radius 2 is 1.87 bits per heavy atom. The fraction of sp³-hybridized carbons (Fsp3) is 0.533. The molecular formula is C15H18F4N2O2. The summed E-state index contributed by atoms with van der Waals surface area (Å²) in [6.45, 7) is -1.81. The smallest absolute Gasteiger partial charge is 0.387 e. The van der Waals surface area contributed by atoms with E-state index in [2.05, 4.69) is 10.1 Å². The van der Waals surface area contributed by atoms with Crippen molar-refractivity contribution < 1.29 is 27.1 Å². The average Bonchev–Trinajstić information content (AvgIpc) is 3.29. The summed E-state index contributed by atoms with van der Waals surface area (Å²) in [6, 6.07) is 4.69. The number of amides is 2. The summed E-state index contributed by atoms with van der Waals surface area (Å²) < 4.78 is 53.5. The Hall–Kier alpha value is -1.99. The molecule has 1 aromatic rings. The number of alkyl halides is 4. The lowest BCUT2D eigenvalue weighted by atomic mass is 10.1. The van der Waals surface area contributed by atoms with Crippen molar-refractivity contribution in [2.24, 2.45) is 0 Å². The van der Waals surface area contributed by atoms with E-state index in [0.717, 1.165) is 17.7 Å². The van der Waals surface area contributed by atoms with Crippen molar-refractivity contribution in [3.05, 3.63) is 29.8 Å². The van der Waals surface area contributed by atoms with E-state index in [-0.39, 0.29) is 11.8 Å². The minimum Gasteiger partial charge on any atom is -0.435 e. The second-order valence-corrected chi connectivity index (χ2v) is 5.39. The first kappa shape index (κ1) is 17.4. The Bertz CT molecular complexity index is 521. The van der Waals surface area contributed by atoms with E-state index in [1.165, 1.54) is 24.3 Å². The average molecular weight is 334 g/mol. The molecule has 1 saturated carbocycles. The molecule has 0 aliphatic heterocycles. The van der Waals surface area contributed by atoms with Crippen LogP contribution in [-0.2, 0) is 0 Å². The summed E-state index contributed by atoms with van der Waals surface area (Å²) in [5.41, 5.74) is 0.660. The van der Waals surface area contributed by atoms with Gasteiger partial charge in [-0.15, -0.1) is 0 Å². The number of ether oxygens (including phenoxy) is 1. The monoisotopic (exact) mass is 334 g/mol. The van der Waals surface area contributed by atoms with E-state index in [9.17, 15) is 22.4 Å². The number of nitrogens with one attached hydrogen (secondary N) is 1. The number of hydrogen-bond donors (Lipinski definition) is 1. The molecule has 0 aromatic heterocycles. The van der Waals surface area contributed by atoms with Crippen molar-refractivity contribution in [3.8, 4) is 5.75 Å². The lowest BCUT2D eigenvalue weighted by Gasteiger charge is -2.25. The van der Waals surface area contributed by atoms with E-state index >= 15 is 0 Å². The van der Waals surface area contributed by atoms with Gasteiger partial charge in [-0.25, -0.2) is 13.6 Å². The van der Waals surface area contributed by atoms with Gasteiger partial charge in [0.15, 0.2) is 0 Å². The summed E-state index contributed by atoms with van der Waals surface area (Å²) >= 11 is 0. The van der Waals surface area contributed by atoms with Crippen molar-refractivity contribution >= 4 is 6.03 Å². The van der Waals surface area contributed by atoms with Crippen molar-refractivity contribution in [3.63, 3.8) is 0 Å². The number of rotatable bonds is 7. The van der Waals surface area contributed by atoms with E-state index in [1.54, 1.807) is 6.92 Å². The normalized spacial score (nSPS) is 15.6. The van der Waals surface area contributed by atoms with Crippen LogP contribution >= 0.6 is 0 Å². The van der Waals surface area contributed by atoms with Gasteiger partial charge in [0, 0.05) is 6.04 Å². The lowest BCUT2D eigenvalue weighted by Crippen LogP contribution is -2.44. The van der Waals surface area contributed by atoms with Gasteiger partial charge < -0.3 is 15.0 Å². The van der Waals surface area contributed by atoms with Crippen molar-refractivity contribution in [1.29, 1.82) is 0 Å². The third kappa shape index (κ3) is 5.30. The SMILES string of the molecule is CC(NC(=O)N(CC(F)F)C1CC1)c1ccc(OC(F)F)cc1. The lowest BCUT2D eigenvalue weighted by molar-refractivity contribution is -0.0498. The number of hydrogen-bond acceptors (Lipinski definition) is 2. The van der Waals surface area contributed by atoms with E-state index < -0.39 is 31.7 Å². The maximum absolute atomic E-state index is 12.5. The number of halogens is 4. The van der Waals surface area contributed by atoms with Gasteiger partial charge in [0.25, 0.3) is 6.43 Å². The van der Waals surface area contributed by atoms with E-state index in [0.29, 0.717) is 5.56 Å². The van der Waals surface area contributed by atoms with Crippen molar-refractivity contribution in [1.82, 2.24) is 10.2 Å². The van der Waals surface area contributed by atoms with Gasteiger partial charge in [0.05, 0.1) is 12.6 Å². The van der Waals surface area contributed by atoms with Crippen molar-refractivity contribution in [2.75, 3.05) is 6.54 Å². The molecule has 128 valence electrons. The van der Waals surface area contributed by atoms with Gasteiger partial charge in [0.1, 0.15) is 5.75 Å². The summed E-state index contributed by atoms with van der Waals surface area (Å²) in [5, 5.41) is 2.65. The highest BCUT2D eigenvalue weighted by Gasteiger charge is 2.34. The molecule has 4 nitrogen and oxygen atoms in total. The molecule has 8 heteroatoms. The predicted molar refractivity (Wildman–Crippen MR) is 75.8 cm³/mol. The van der Waals surface area contributed by atoms with Crippen LogP contribution in [0.1, 0.15) is 31.4 Å². The van der Waals surface area contributed by atoms with Gasteiger partial charge >= 0.3 is 12.6 Å². The fourth-order valence-electron chi connectivity index (χ4n) is 2.22. The molecule has 0 saturated heterocycles. The maximum Gasteiger partial charge on any atom is 0.387 e. The first-order valence-corrected chi connectivity index (χ1v) is 7.27. The Morgan fingerprint density at radius 3 is 2.35 bits per heavy atom. The van der Waals surface area contributed by atoms with Crippen LogP contribution in [0.5, 0.6) is 5.75 Å². The maximum atomic E-state index is 12.5. The second kappa shape index (κ2) is 7.52. The molecule has 2 amide bonds. The van der Waals surface area contributed by atoms with Crippen LogP contribution < -0.4 is 10.1 Å². The largest absolute Gasteiger partial charge is 0.435 e. The van der Waals surface area contributed by atoms with Crippen LogP contribution in [0.3, 0.4) is 0 Å². The summed E-state index contributed by atoms with van der Waals surface area (Å²) in [5.74, 6) is 0.0135. The number of carbonyl (C=O) groups excluding carboxylic acids is 1. The first-order chi connectivity index (χ1) is 10.9. The van der Waals surface area contributed by atoms with Crippen LogP contribution in [-0.4, -0.2) is 36.6 Å². The molecular weight excluding hydrogens is 316 g/mol. The Balaban J connectivity index is 1.94. The highest BCUT2D eigenvalue weighted by Crippen LogP contribution is 2.28. The Morgan fingerprint density at radius 1 is 1.26 bits per heavy atom. The number of carbonyl (C=O) groups is 1. The molecule has 1 fully saturated rings. The first-order valence-electron chi connectivity index (χ1n) is 7.27. The Labute approximate surface area is 131 Å². The molecule has 0 radical (unpaired) electrons. The summed E-state index contributed by atoms with van der Waals surface area (Å²) in [6.07, 6.45) is -1.12. The second-order valence-electron chi connectivity index (χ2n) is 5.39. The van der Waals surface area contributed by atoms with Gasteiger partial charge in [-0.3, -0.25) is 0 Å². The van der Waals surface area contributed by atoms with Crippen LogP contribution in [0.4, 0.5) is 22.4 Å². The van der Waals surface area contributed by atoms with E-state index in [4.69, 9.17) is 0 Å². The number of urea groups is 1. The standard InChI is InChI=1S/C15H18F4N2O2/c1-9(10-2-6-12(7-3-10)23-14(18)19)20-15(22)21(8-13(16)17)11-4-5-11/h2-3,6-7,9,11,13-14H,4-5,8H2,1H3,(H,20,22). The third-order valence-electron chi connectivity index (χ3n) is 3.53. The highest BCUT2D eigenvalue weighted by atomic mass is 19.3. The zero-order valence-corrected chi connectivity index (χ0v) is 12.5. The zero-order chi connectivity index (χ0) is 17.0. The molecule has 1 aromatic carbocycles. The quantitative estimate of drug-likeness (QED) is 0.771. The molecule has 1 aliphatic rings. The molecule has 1 aliphatic carbocycles. The minimum atomic E-state index is -2.90. The zero-order valence-electron chi connectivity index (χ0n) is 12.5. The van der Waals surface area contributed by atoms with Gasteiger partial charge in [-0.2, -0.15) is 8.78 Å². The number of benzene rings is 1. The molecule has 0 bridgehead atoms. The molecule has 23 heavy (non-hydrogen) atoms. The van der Waals surface area contributed by atoms with Gasteiger partial charge in [-0.05, 0) is 37.5 Å². The molecule has 0 spiro atoms. The molecule has 1 N–H and O–H groups in total. The van der Waals surface area contributed by atoms with Crippen LogP contribution in [0.25, 0.3) is 0 Å². The minimum absolute atomic E-state index is 0.0135. The molecule has 1 unspecified atom stereocenters. The van der Waals surface area contributed by atoms with E-state index in [1.807, 2.05) is 0 Å². The third-order valence-corrected chi connectivity index (χ3v) is 3.53. The van der Waals surface area contributed by atoms with Crippen LogP contribution in [0, 0.1) is 0 Å². The predicted octanol–water partition coefficient (Wildman–Crippen LogP) is 3.79. The summed E-state index contributed by atoms with van der Waals surface area (Å²) in [7, 11) is 0. The van der Waals surface area contributed by atoms with Gasteiger partial charge in [0.2, 0.25) is 0 Å². The van der Waals surface area contributed by atoms with Gasteiger partial charge in [-0.1, -0.05) is 12.1 Å². The molecule has 0 heterocycles. The summed E-state index contributed by atoms with van der Waals surface area (Å²) in [4.78, 5) is 13.3. The molecule has 1 atom stereocenters. The number of nitrogens with zero attached hydrogens (tertiary/aromatic N) is 1. The van der Waals surface area contributed by atoms with Crippen LogP contribution in [0.2, 0.25) is 0 Å². The topological polar surface area (TPSA) is 41.6 Å².